The van der Waals surface area contributed by atoms with Gasteiger partial charge >= 0.3 is 5.97 Å². The number of rotatable bonds is 4. The molecule has 0 aliphatic carbocycles. The molecule has 0 heterocycles. The number of carbonyl (C=O) groups excluding carboxylic acids is 1. The first-order valence-electron chi connectivity index (χ1n) is 7.12. The molecule has 23 heavy (non-hydrogen) atoms. The third-order valence-corrected chi connectivity index (χ3v) is 3.17. The monoisotopic (exact) mass is 305 g/mol. The molecule has 0 aromatic heterocycles. The Morgan fingerprint density at radius 1 is 0.739 bits per heavy atom. The molecule has 0 saturated carbocycles. The van der Waals surface area contributed by atoms with E-state index in [1.165, 1.54) is 0 Å². The average molecular weight is 305 g/mol. The van der Waals surface area contributed by atoms with Crippen LogP contribution in [-0.2, 0) is 0 Å². The van der Waals surface area contributed by atoms with Crippen molar-refractivity contribution in [1.82, 2.24) is 0 Å². The van der Waals surface area contributed by atoms with Gasteiger partial charge in [0.25, 0.3) is 0 Å². The summed E-state index contributed by atoms with van der Waals surface area (Å²) in [5, 5.41) is 0. The molecule has 0 unspecified atom stereocenters. The summed E-state index contributed by atoms with van der Waals surface area (Å²) in [6.45, 7) is 0. The topological polar surface area (TPSA) is 61.5 Å². The van der Waals surface area contributed by atoms with Gasteiger partial charge in [-0.1, -0.05) is 30.3 Å². The van der Waals surface area contributed by atoms with Crippen molar-refractivity contribution in [3.05, 3.63) is 84.4 Å². The van der Waals surface area contributed by atoms with Crippen LogP contribution in [0.5, 0.6) is 17.2 Å². The van der Waals surface area contributed by atoms with Crippen LogP contribution in [0.4, 0.5) is 5.69 Å². The highest BCUT2D eigenvalue weighted by atomic mass is 16.5. The van der Waals surface area contributed by atoms with Crippen molar-refractivity contribution in [2.75, 3.05) is 5.73 Å². The van der Waals surface area contributed by atoms with E-state index in [1.54, 1.807) is 72.8 Å². The van der Waals surface area contributed by atoms with Crippen molar-refractivity contribution in [3.63, 3.8) is 0 Å². The zero-order valence-electron chi connectivity index (χ0n) is 12.3. The van der Waals surface area contributed by atoms with Crippen LogP contribution >= 0.6 is 0 Å². The van der Waals surface area contributed by atoms with Gasteiger partial charge in [0.2, 0.25) is 0 Å². The zero-order chi connectivity index (χ0) is 16.1. The Bertz CT molecular complexity index is 798. The lowest BCUT2D eigenvalue weighted by atomic mass is 10.2. The second kappa shape index (κ2) is 6.66. The van der Waals surface area contributed by atoms with Crippen LogP contribution < -0.4 is 15.2 Å². The standard InChI is InChI=1S/C19H15NO3/c20-14-10-12-16(13-11-14)22-18-9-5-4-8-17(18)19(21)23-15-6-2-1-3-7-15/h1-13H,20H2. The Morgan fingerprint density at radius 3 is 2.13 bits per heavy atom. The first-order valence-corrected chi connectivity index (χ1v) is 7.12. The lowest BCUT2D eigenvalue weighted by Gasteiger charge is -2.11. The molecule has 0 bridgehead atoms. The summed E-state index contributed by atoms with van der Waals surface area (Å²) in [6, 6.07) is 22.8. The van der Waals surface area contributed by atoms with E-state index in [0.717, 1.165) is 0 Å². The number of esters is 1. The molecule has 4 heteroatoms. The number of ether oxygens (including phenoxy) is 2. The van der Waals surface area contributed by atoms with Crippen LogP contribution in [0, 0.1) is 0 Å². The third kappa shape index (κ3) is 3.68. The molecule has 0 spiro atoms. The highest BCUT2D eigenvalue weighted by molar-refractivity contribution is 5.94. The van der Waals surface area contributed by atoms with E-state index in [1.807, 2.05) is 6.07 Å². The largest absolute Gasteiger partial charge is 0.456 e. The fraction of sp³-hybridized carbons (Fsp3) is 0. The lowest BCUT2D eigenvalue weighted by molar-refractivity contribution is 0.0732. The number of para-hydroxylation sites is 2. The van der Waals surface area contributed by atoms with Gasteiger partial charge in [0.15, 0.2) is 0 Å². The van der Waals surface area contributed by atoms with E-state index in [0.29, 0.717) is 28.5 Å². The minimum absolute atomic E-state index is 0.355. The van der Waals surface area contributed by atoms with E-state index >= 15 is 0 Å². The average Bonchev–Trinajstić information content (AvgIpc) is 2.58. The van der Waals surface area contributed by atoms with E-state index in [-0.39, 0.29) is 0 Å². The Morgan fingerprint density at radius 2 is 1.39 bits per heavy atom. The van der Waals surface area contributed by atoms with Crippen molar-refractivity contribution < 1.29 is 14.3 Å². The minimum Gasteiger partial charge on any atom is -0.456 e. The maximum absolute atomic E-state index is 12.4. The number of nitrogens with two attached hydrogens (primary N) is 1. The van der Waals surface area contributed by atoms with E-state index in [4.69, 9.17) is 15.2 Å². The Labute approximate surface area is 134 Å². The molecule has 4 nitrogen and oxygen atoms in total. The predicted molar refractivity (Wildman–Crippen MR) is 88.8 cm³/mol. The SMILES string of the molecule is Nc1ccc(Oc2ccccc2C(=O)Oc2ccccc2)cc1. The quantitative estimate of drug-likeness (QED) is 0.444. The smallest absolute Gasteiger partial charge is 0.347 e. The fourth-order valence-corrected chi connectivity index (χ4v) is 2.04. The highest BCUT2D eigenvalue weighted by Gasteiger charge is 2.15. The van der Waals surface area contributed by atoms with Gasteiger partial charge in [0, 0.05) is 5.69 Å². The maximum Gasteiger partial charge on any atom is 0.347 e. The molecular formula is C19H15NO3. The van der Waals surface area contributed by atoms with Gasteiger partial charge in [0.05, 0.1) is 0 Å². The van der Waals surface area contributed by atoms with E-state index in [2.05, 4.69) is 0 Å². The molecule has 0 radical (unpaired) electrons. The molecule has 0 aliphatic heterocycles. The second-order valence-electron chi connectivity index (χ2n) is 4.87. The van der Waals surface area contributed by atoms with Gasteiger partial charge in [-0.3, -0.25) is 0 Å². The summed E-state index contributed by atoms with van der Waals surface area (Å²) in [5.74, 6) is 1.04. The molecule has 3 aromatic carbocycles. The fourth-order valence-electron chi connectivity index (χ4n) is 2.04. The number of carbonyl (C=O) groups is 1. The second-order valence-corrected chi connectivity index (χ2v) is 4.87. The molecule has 3 rings (SSSR count). The summed E-state index contributed by atoms with van der Waals surface area (Å²) in [7, 11) is 0. The molecule has 0 atom stereocenters. The molecule has 114 valence electrons. The predicted octanol–water partition coefficient (Wildman–Crippen LogP) is 4.28. The number of hydrogen-bond acceptors (Lipinski definition) is 4. The van der Waals surface area contributed by atoms with Crippen LogP contribution in [0.15, 0.2) is 78.9 Å². The number of anilines is 1. The van der Waals surface area contributed by atoms with Crippen molar-refractivity contribution in [1.29, 1.82) is 0 Å². The lowest BCUT2D eigenvalue weighted by Crippen LogP contribution is -2.09. The molecule has 2 N–H and O–H groups in total. The molecule has 0 fully saturated rings. The number of hydrogen-bond donors (Lipinski definition) is 1. The Hall–Kier alpha value is -3.27. The molecule has 0 aliphatic rings. The van der Waals surface area contributed by atoms with E-state index < -0.39 is 5.97 Å². The highest BCUT2D eigenvalue weighted by Crippen LogP contribution is 2.27. The van der Waals surface area contributed by atoms with Gasteiger partial charge < -0.3 is 15.2 Å². The summed E-state index contributed by atoms with van der Waals surface area (Å²) < 4.78 is 11.1. The third-order valence-electron chi connectivity index (χ3n) is 3.17. The molecule has 0 amide bonds. The molecular weight excluding hydrogens is 290 g/mol. The van der Waals surface area contributed by atoms with Crippen LogP contribution in [0.2, 0.25) is 0 Å². The van der Waals surface area contributed by atoms with Crippen molar-refractivity contribution >= 4 is 11.7 Å². The van der Waals surface area contributed by atoms with Gasteiger partial charge in [0.1, 0.15) is 22.8 Å². The summed E-state index contributed by atoms with van der Waals surface area (Å²) >= 11 is 0. The van der Waals surface area contributed by atoms with Gasteiger partial charge in [-0.25, -0.2) is 4.79 Å². The summed E-state index contributed by atoms with van der Waals surface area (Å²) in [6.07, 6.45) is 0. The van der Waals surface area contributed by atoms with E-state index in [9.17, 15) is 4.79 Å². The zero-order valence-corrected chi connectivity index (χ0v) is 12.3. The minimum atomic E-state index is -0.470. The Kier molecular flexibility index (Phi) is 4.25. The van der Waals surface area contributed by atoms with Crippen molar-refractivity contribution in [2.45, 2.75) is 0 Å². The first kappa shape index (κ1) is 14.7. The van der Waals surface area contributed by atoms with Crippen LogP contribution in [0.1, 0.15) is 10.4 Å². The number of nitrogen functional groups attached to an aromatic ring is 1. The molecule has 3 aromatic rings. The normalized spacial score (nSPS) is 10.1. The van der Waals surface area contributed by atoms with Crippen LogP contribution in [0.25, 0.3) is 0 Å². The van der Waals surface area contributed by atoms with Crippen molar-refractivity contribution in [3.8, 4) is 17.2 Å². The first-order chi connectivity index (χ1) is 11.2. The summed E-state index contributed by atoms with van der Waals surface area (Å²) in [5.41, 5.74) is 6.66. The van der Waals surface area contributed by atoms with Crippen LogP contribution in [-0.4, -0.2) is 5.97 Å². The van der Waals surface area contributed by atoms with Gasteiger partial charge in [-0.15, -0.1) is 0 Å². The molecule has 0 saturated heterocycles. The van der Waals surface area contributed by atoms with Gasteiger partial charge in [-0.2, -0.15) is 0 Å². The summed E-state index contributed by atoms with van der Waals surface area (Å²) in [4.78, 5) is 12.4. The van der Waals surface area contributed by atoms with Crippen LogP contribution in [0.3, 0.4) is 0 Å². The van der Waals surface area contributed by atoms with Crippen molar-refractivity contribution in [2.24, 2.45) is 0 Å². The number of benzene rings is 3. The maximum atomic E-state index is 12.4. The van der Waals surface area contributed by atoms with Gasteiger partial charge in [-0.05, 0) is 48.5 Å². The Balaban J connectivity index is 1.82.